The fraction of sp³-hybridized carbons (Fsp3) is 0.0800. The zero-order valence-electron chi connectivity index (χ0n) is 17.6. The smallest absolute Gasteiger partial charge is 0.350 e. The molecule has 5 rings (SSSR count). The maximum atomic E-state index is 13.5. The Labute approximate surface area is 191 Å². The summed E-state index contributed by atoms with van der Waals surface area (Å²) >= 11 is 0. The highest BCUT2D eigenvalue weighted by atomic mass is 19.4. The van der Waals surface area contributed by atoms with Crippen molar-refractivity contribution < 1.29 is 17.6 Å². The Morgan fingerprint density at radius 3 is 2.38 bits per heavy atom. The van der Waals surface area contributed by atoms with Crippen molar-refractivity contribution in [3.63, 3.8) is 0 Å². The van der Waals surface area contributed by atoms with Crippen LogP contribution in [0.4, 0.5) is 23.5 Å². The van der Waals surface area contributed by atoms with E-state index < -0.39 is 17.6 Å². The second-order valence-electron chi connectivity index (χ2n) is 7.58. The molecule has 0 aliphatic carbocycles. The summed E-state index contributed by atoms with van der Waals surface area (Å²) in [5, 5.41) is 7.56. The van der Waals surface area contributed by atoms with Crippen LogP contribution in [0.5, 0.6) is 0 Å². The number of alkyl halides is 3. The van der Waals surface area contributed by atoms with Crippen LogP contribution < -0.4 is 5.32 Å². The lowest BCUT2D eigenvalue weighted by molar-refractivity contribution is -0.137. The molecule has 0 aliphatic rings. The second kappa shape index (κ2) is 8.58. The summed E-state index contributed by atoms with van der Waals surface area (Å²) in [6, 6.07) is 19.3. The van der Waals surface area contributed by atoms with E-state index in [4.69, 9.17) is 0 Å². The molecule has 1 N–H and O–H groups in total. The van der Waals surface area contributed by atoms with E-state index >= 15 is 0 Å². The zero-order chi connectivity index (χ0) is 23.7. The highest BCUT2D eigenvalue weighted by molar-refractivity contribution is 5.91. The van der Waals surface area contributed by atoms with Gasteiger partial charge in [-0.15, -0.1) is 0 Å². The van der Waals surface area contributed by atoms with Gasteiger partial charge < -0.3 is 5.32 Å². The minimum absolute atomic E-state index is 0.359. The van der Waals surface area contributed by atoms with Crippen molar-refractivity contribution in [2.45, 2.75) is 12.7 Å². The van der Waals surface area contributed by atoms with Crippen LogP contribution in [0.3, 0.4) is 0 Å². The first-order chi connectivity index (χ1) is 16.4. The van der Waals surface area contributed by atoms with Crippen LogP contribution >= 0.6 is 0 Å². The summed E-state index contributed by atoms with van der Waals surface area (Å²) in [6.07, 6.45) is -2.01. The number of halogens is 4. The molecule has 0 atom stereocenters. The van der Waals surface area contributed by atoms with Gasteiger partial charge in [0.15, 0.2) is 0 Å². The highest BCUT2D eigenvalue weighted by Crippen LogP contribution is 2.36. The molecule has 0 radical (unpaired) electrons. The van der Waals surface area contributed by atoms with Gasteiger partial charge in [-0.05, 0) is 48.0 Å². The summed E-state index contributed by atoms with van der Waals surface area (Å²) in [5.41, 5.74) is 2.56. The van der Waals surface area contributed by atoms with Crippen LogP contribution in [0, 0.1) is 5.82 Å². The van der Waals surface area contributed by atoms with E-state index in [9.17, 15) is 17.6 Å². The molecule has 5 aromatic rings. The molecule has 170 valence electrons. The molecule has 34 heavy (non-hydrogen) atoms. The van der Waals surface area contributed by atoms with Gasteiger partial charge in [-0.2, -0.15) is 18.3 Å². The molecule has 0 saturated heterocycles. The Balaban J connectivity index is 1.61. The zero-order valence-corrected chi connectivity index (χ0v) is 17.6. The number of pyridine rings is 1. The number of hydrogen-bond donors (Lipinski definition) is 1. The molecule has 3 heterocycles. The van der Waals surface area contributed by atoms with Crippen molar-refractivity contribution in [3.8, 4) is 22.5 Å². The number of fused-ring (bicyclic) bond motifs is 1. The first-order valence-electron chi connectivity index (χ1n) is 10.4. The minimum Gasteiger partial charge on any atom is -0.350 e. The number of hydrogen-bond acceptors (Lipinski definition) is 4. The quantitative estimate of drug-likeness (QED) is 0.314. The predicted molar refractivity (Wildman–Crippen MR) is 120 cm³/mol. The van der Waals surface area contributed by atoms with Gasteiger partial charge >= 0.3 is 6.18 Å². The minimum atomic E-state index is -4.51. The summed E-state index contributed by atoms with van der Waals surface area (Å²) < 4.78 is 54.5. The molecule has 0 amide bonds. The lowest BCUT2D eigenvalue weighted by Crippen LogP contribution is -2.06. The van der Waals surface area contributed by atoms with Gasteiger partial charge in [-0.1, -0.05) is 30.3 Å². The predicted octanol–water partition coefficient (Wildman–Crippen LogP) is 6.23. The van der Waals surface area contributed by atoms with Gasteiger partial charge in [0.25, 0.3) is 0 Å². The van der Waals surface area contributed by atoms with E-state index in [0.717, 1.165) is 17.8 Å². The van der Waals surface area contributed by atoms with Crippen molar-refractivity contribution in [2.75, 3.05) is 5.32 Å². The summed E-state index contributed by atoms with van der Waals surface area (Å²) in [7, 11) is 0. The van der Waals surface area contributed by atoms with Crippen LogP contribution in [-0.2, 0) is 12.7 Å². The molecular formula is C25H17F4N5. The first kappa shape index (κ1) is 21.6. The van der Waals surface area contributed by atoms with Crippen molar-refractivity contribution in [1.82, 2.24) is 19.6 Å². The molecule has 0 aliphatic heterocycles. The number of nitrogens with zero attached hydrogens (tertiary/aromatic N) is 4. The van der Waals surface area contributed by atoms with Gasteiger partial charge in [0.2, 0.25) is 5.95 Å². The average molecular weight is 463 g/mol. The van der Waals surface area contributed by atoms with Crippen molar-refractivity contribution in [2.24, 2.45) is 0 Å². The monoisotopic (exact) mass is 463 g/mol. The molecule has 2 aromatic carbocycles. The molecule has 0 saturated carbocycles. The van der Waals surface area contributed by atoms with Gasteiger partial charge in [0, 0.05) is 24.5 Å². The third kappa shape index (κ3) is 4.32. The molecule has 0 fully saturated rings. The lowest BCUT2D eigenvalue weighted by atomic mass is 10.0. The van der Waals surface area contributed by atoms with E-state index in [1.165, 1.54) is 34.8 Å². The fourth-order valence-electron chi connectivity index (χ4n) is 3.64. The second-order valence-corrected chi connectivity index (χ2v) is 7.58. The molecule has 5 nitrogen and oxygen atoms in total. The van der Waals surface area contributed by atoms with E-state index in [0.29, 0.717) is 40.5 Å². The number of nitrogens with one attached hydrogen (secondary N) is 1. The number of benzene rings is 2. The van der Waals surface area contributed by atoms with Crippen molar-refractivity contribution in [3.05, 3.63) is 102 Å². The van der Waals surface area contributed by atoms with Crippen LogP contribution in [0.2, 0.25) is 0 Å². The van der Waals surface area contributed by atoms with E-state index in [2.05, 4.69) is 20.4 Å². The summed E-state index contributed by atoms with van der Waals surface area (Å²) in [4.78, 5) is 8.84. The normalized spacial score (nSPS) is 11.6. The van der Waals surface area contributed by atoms with Crippen molar-refractivity contribution >= 4 is 11.5 Å². The summed E-state index contributed by atoms with van der Waals surface area (Å²) in [6.45, 7) is 0.499. The fourth-order valence-corrected chi connectivity index (χ4v) is 3.64. The molecule has 3 aromatic heterocycles. The van der Waals surface area contributed by atoms with Gasteiger partial charge in [-0.3, -0.25) is 0 Å². The number of aromatic nitrogens is 4. The molecule has 9 heteroatoms. The van der Waals surface area contributed by atoms with Gasteiger partial charge in [0.05, 0.1) is 22.3 Å². The Morgan fingerprint density at radius 1 is 0.882 bits per heavy atom. The Morgan fingerprint density at radius 2 is 1.65 bits per heavy atom. The number of rotatable bonds is 5. The molecular weight excluding hydrogens is 446 g/mol. The summed E-state index contributed by atoms with van der Waals surface area (Å²) in [5.74, 6) is -0.0690. The van der Waals surface area contributed by atoms with Crippen LogP contribution in [-0.4, -0.2) is 19.6 Å². The van der Waals surface area contributed by atoms with Gasteiger partial charge in [-0.25, -0.2) is 18.9 Å². The average Bonchev–Trinajstić information content (AvgIpc) is 3.22. The van der Waals surface area contributed by atoms with Gasteiger partial charge in [0.1, 0.15) is 11.5 Å². The Kier molecular flexibility index (Phi) is 5.45. The molecule has 0 spiro atoms. The van der Waals surface area contributed by atoms with Crippen LogP contribution in [0.1, 0.15) is 11.1 Å². The van der Waals surface area contributed by atoms with Crippen LogP contribution in [0.25, 0.3) is 28.0 Å². The maximum absolute atomic E-state index is 13.5. The maximum Gasteiger partial charge on any atom is 0.417 e. The lowest BCUT2D eigenvalue weighted by Gasteiger charge is -2.08. The van der Waals surface area contributed by atoms with Crippen molar-refractivity contribution in [1.29, 1.82) is 0 Å². The van der Waals surface area contributed by atoms with E-state index in [1.807, 2.05) is 30.3 Å². The van der Waals surface area contributed by atoms with Crippen LogP contribution in [0.15, 0.2) is 85.2 Å². The Bertz CT molecular complexity index is 1440. The first-order valence-corrected chi connectivity index (χ1v) is 10.4. The SMILES string of the molecule is Fc1ccc(-c2nn3cc(C(F)(F)F)ccc3c2-c2ccnc(NCc3ccccc3)n2)cc1. The topological polar surface area (TPSA) is 55.1 Å². The third-order valence-electron chi connectivity index (χ3n) is 5.28. The third-order valence-corrected chi connectivity index (χ3v) is 5.28. The standard InChI is InChI=1S/C25H17F4N5/c26-19-9-6-17(7-10-19)23-22(21-11-8-18(25(27,28)29)15-34(21)33-23)20-12-13-30-24(32-20)31-14-16-4-2-1-3-5-16/h1-13,15H,14H2,(H,30,31,32). The Hall–Kier alpha value is -4.27. The van der Waals surface area contributed by atoms with E-state index in [-0.39, 0.29) is 0 Å². The van der Waals surface area contributed by atoms with E-state index in [1.54, 1.807) is 12.3 Å². The highest BCUT2D eigenvalue weighted by Gasteiger charge is 2.31. The largest absolute Gasteiger partial charge is 0.417 e. The number of anilines is 1. The molecule has 0 bridgehead atoms. The molecule has 0 unspecified atom stereocenters.